The molecule has 2 aromatic carbocycles. The number of carbonyl (C=O) groups is 1. The molecule has 0 radical (unpaired) electrons. The number of rotatable bonds is 7. The second-order valence-corrected chi connectivity index (χ2v) is 7.91. The lowest BCUT2D eigenvalue weighted by atomic mass is 10.2. The zero-order valence-corrected chi connectivity index (χ0v) is 17.9. The Labute approximate surface area is 182 Å². The number of nitrogens with zero attached hydrogens (tertiary/aromatic N) is 2. The fraction of sp³-hybridized carbons (Fsp3) is 0.174. The van der Waals surface area contributed by atoms with Crippen LogP contribution in [0, 0.1) is 0 Å². The molecule has 31 heavy (non-hydrogen) atoms. The molecule has 0 atom stereocenters. The zero-order valence-electron chi connectivity index (χ0n) is 17.1. The Bertz CT molecular complexity index is 1260. The van der Waals surface area contributed by atoms with Gasteiger partial charge >= 0.3 is 0 Å². The smallest absolute Gasteiger partial charge is 0.271 e. The summed E-state index contributed by atoms with van der Waals surface area (Å²) in [4.78, 5) is 30.5. The maximum absolute atomic E-state index is 12.9. The van der Waals surface area contributed by atoms with Gasteiger partial charge in [-0.2, -0.15) is 0 Å². The summed E-state index contributed by atoms with van der Waals surface area (Å²) in [7, 11) is 3.22. The lowest BCUT2D eigenvalue weighted by Gasteiger charge is -2.08. The van der Waals surface area contributed by atoms with Crippen LogP contribution < -0.4 is 20.3 Å². The van der Waals surface area contributed by atoms with Crippen molar-refractivity contribution in [2.75, 3.05) is 14.2 Å². The molecule has 158 valence electrons. The van der Waals surface area contributed by atoms with E-state index in [0.717, 1.165) is 27.5 Å². The Balaban J connectivity index is 1.47. The quantitative estimate of drug-likeness (QED) is 0.481. The SMILES string of the molecule is COc1ccc(CNC(=O)Cn2cnc3cc(-c4ccc(OC)cc4)sc3c2=O)cc1. The number of nitrogens with one attached hydrogen (secondary N) is 1. The van der Waals surface area contributed by atoms with Crippen LogP contribution in [0.5, 0.6) is 11.5 Å². The average molecular weight is 436 g/mol. The molecule has 0 saturated carbocycles. The van der Waals surface area contributed by atoms with Crippen molar-refractivity contribution in [3.8, 4) is 21.9 Å². The highest BCUT2D eigenvalue weighted by atomic mass is 32.1. The van der Waals surface area contributed by atoms with Crippen molar-refractivity contribution in [2.45, 2.75) is 13.1 Å². The molecule has 0 saturated heterocycles. The number of hydrogen-bond donors (Lipinski definition) is 1. The summed E-state index contributed by atoms with van der Waals surface area (Å²) in [5, 5.41) is 2.83. The molecule has 8 heteroatoms. The lowest BCUT2D eigenvalue weighted by Crippen LogP contribution is -2.31. The van der Waals surface area contributed by atoms with Gasteiger partial charge in [-0.1, -0.05) is 12.1 Å². The first-order valence-electron chi connectivity index (χ1n) is 9.60. The normalized spacial score (nSPS) is 10.8. The minimum absolute atomic E-state index is 0.0896. The van der Waals surface area contributed by atoms with E-state index in [4.69, 9.17) is 9.47 Å². The molecule has 0 fully saturated rings. The van der Waals surface area contributed by atoms with E-state index in [2.05, 4.69) is 10.3 Å². The Morgan fingerprint density at radius 3 is 2.32 bits per heavy atom. The van der Waals surface area contributed by atoms with Gasteiger partial charge in [0.1, 0.15) is 22.7 Å². The van der Waals surface area contributed by atoms with Crippen molar-refractivity contribution < 1.29 is 14.3 Å². The van der Waals surface area contributed by atoms with Gasteiger partial charge in [-0.3, -0.25) is 14.2 Å². The van der Waals surface area contributed by atoms with Crippen molar-refractivity contribution >= 4 is 27.5 Å². The molecule has 0 unspecified atom stereocenters. The number of hydrogen-bond acceptors (Lipinski definition) is 6. The van der Waals surface area contributed by atoms with Crippen LogP contribution >= 0.6 is 11.3 Å². The first-order valence-corrected chi connectivity index (χ1v) is 10.4. The largest absolute Gasteiger partial charge is 0.497 e. The van der Waals surface area contributed by atoms with Crippen molar-refractivity contribution in [3.05, 3.63) is 76.8 Å². The number of fused-ring (bicyclic) bond motifs is 1. The van der Waals surface area contributed by atoms with E-state index in [-0.39, 0.29) is 18.0 Å². The molecule has 7 nitrogen and oxygen atoms in total. The molecule has 0 aliphatic heterocycles. The molecular formula is C23H21N3O4S. The van der Waals surface area contributed by atoms with E-state index in [1.54, 1.807) is 14.2 Å². The van der Waals surface area contributed by atoms with Crippen molar-refractivity contribution in [1.29, 1.82) is 0 Å². The summed E-state index contributed by atoms with van der Waals surface area (Å²) in [6.45, 7) is 0.279. The number of ether oxygens (including phenoxy) is 2. The van der Waals surface area contributed by atoms with Crippen LogP contribution in [0.3, 0.4) is 0 Å². The van der Waals surface area contributed by atoms with Crippen LogP contribution in [0.1, 0.15) is 5.56 Å². The standard InChI is InChI=1S/C23H21N3O4S/c1-29-17-7-3-15(4-8-17)12-24-21(27)13-26-14-25-19-11-20(31-22(19)23(26)28)16-5-9-18(30-2)10-6-16/h3-11,14H,12-13H2,1-2H3,(H,24,27). The summed E-state index contributed by atoms with van der Waals surface area (Å²) in [5.41, 5.74) is 2.31. The molecule has 0 bridgehead atoms. The van der Waals surface area contributed by atoms with Gasteiger partial charge in [-0.25, -0.2) is 4.98 Å². The van der Waals surface area contributed by atoms with Gasteiger partial charge in [0.15, 0.2) is 0 Å². The van der Waals surface area contributed by atoms with E-state index in [1.165, 1.54) is 22.2 Å². The predicted octanol–water partition coefficient (Wildman–Crippen LogP) is 3.46. The molecule has 4 rings (SSSR count). The molecule has 0 aliphatic rings. The van der Waals surface area contributed by atoms with E-state index < -0.39 is 0 Å². The maximum atomic E-state index is 12.9. The summed E-state index contributed by atoms with van der Waals surface area (Å²) in [5.74, 6) is 1.27. The first kappa shape index (κ1) is 20.6. The predicted molar refractivity (Wildman–Crippen MR) is 121 cm³/mol. The number of benzene rings is 2. The minimum Gasteiger partial charge on any atom is -0.497 e. The van der Waals surface area contributed by atoms with E-state index >= 15 is 0 Å². The van der Waals surface area contributed by atoms with Crippen molar-refractivity contribution in [2.24, 2.45) is 0 Å². The number of methoxy groups -OCH3 is 2. The molecule has 2 heterocycles. The van der Waals surface area contributed by atoms with Crippen LogP contribution in [0.2, 0.25) is 0 Å². The van der Waals surface area contributed by atoms with Crippen LogP contribution in [0.4, 0.5) is 0 Å². The summed E-state index contributed by atoms with van der Waals surface area (Å²) < 4.78 is 12.2. The number of aromatic nitrogens is 2. The van der Waals surface area contributed by atoms with Gasteiger partial charge in [0.25, 0.3) is 5.56 Å². The summed E-state index contributed by atoms with van der Waals surface area (Å²) >= 11 is 1.37. The topological polar surface area (TPSA) is 82.4 Å². The third kappa shape index (κ3) is 4.59. The van der Waals surface area contributed by atoms with Gasteiger partial charge in [0, 0.05) is 11.4 Å². The highest BCUT2D eigenvalue weighted by Crippen LogP contribution is 2.31. The summed E-state index contributed by atoms with van der Waals surface area (Å²) in [6, 6.07) is 16.9. The Morgan fingerprint density at radius 2 is 1.68 bits per heavy atom. The fourth-order valence-corrected chi connectivity index (χ4v) is 4.18. The van der Waals surface area contributed by atoms with Gasteiger partial charge in [0.2, 0.25) is 5.91 Å². The fourth-order valence-electron chi connectivity index (χ4n) is 3.11. The van der Waals surface area contributed by atoms with Gasteiger partial charge in [0.05, 0.1) is 26.1 Å². The molecule has 1 N–H and O–H groups in total. The van der Waals surface area contributed by atoms with Crippen LogP contribution in [0.15, 0.2) is 65.7 Å². The highest BCUT2D eigenvalue weighted by Gasteiger charge is 2.12. The third-order valence-electron chi connectivity index (χ3n) is 4.84. The monoisotopic (exact) mass is 435 g/mol. The number of amides is 1. The average Bonchev–Trinajstić information content (AvgIpc) is 3.25. The van der Waals surface area contributed by atoms with Gasteiger partial charge in [-0.15, -0.1) is 11.3 Å². The minimum atomic E-state index is -0.258. The third-order valence-corrected chi connectivity index (χ3v) is 6.00. The summed E-state index contributed by atoms with van der Waals surface area (Å²) in [6.07, 6.45) is 1.42. The van der Waals surface area contributed by atoms with E-state index in [0.29, 0.717) is 16.8 Å². The Morgan fingerprint density at radius 1 is 1.03 bits per heavy atom. The molecule has 1 amide bonds. The zero-order chi connectivity index (χ0) is 21.8. The highest BCUT2D eigenvalue weighted by molar-refractivity contribution is 7.22. The number of thiophene rings is 1. The molecular weight excluding hydrogens is 414 g/mol. The number of carbonyl (C=O) groups excluding carboxylic acids is 1. The van der Waals surface area contributed by atoms with Crippen LogP contribution in [0.25, 0.3) is 20.7 Å². The maximum Gasteiger partial charge on any atom is 0.271 e. The molecule has 4 aromatic rings. The van der Waals surface area contributed by atoms with Crippen LogP contribution in [-0.2, 0) is 17.9 Å². The Hall–Kier alpha value is -3.65. The van der Waals surface area contributed by atoms with Crippen molar-refractivity contribution in [1.82, 2.24) is 14.9 Å². The van der Waals surface area contributed by atoms with Crippen molar-refractivity contribution in [3.63, 3.8) is 0 Å². The first-order chi connectivity index (χ1) is 15.1. The molecule has 0 spiro atoms. The van der Waals surface area contributed by atoms with Gasteiger partial charge in [-0.05, 0) is 53.6 Å². The second-order valence-electron chi connectivity index (χ2n) is 6.86. The van der Waals surface area contributed by atoms with Crippen LogP contribution in [-0.4, -0.2) is 29.7 Å². The molecule has 2 aromatic heterocycles. The van der Waals surface area contributed by atoms with E-state index in [9.17, 15) is 9.59 Å². The second kappa shape index (κ2) is 9.01. The Kier molecular flexibility index (Phi) is 5.99. The lowest BCUT2D eigenvalue weighted by molar-refractivity contribution is -0.121. The van der Waals surface area contributed by atoms with E-state index in [1.807, 2.05) is 54.6 Å². The molecule has 0 aliphatic carbocycles. The van der Waals surface area contributed by atoms with Gasteiger partial charge < -0.3 is 14.8 Å².